The molecule has 0 spiro atoms. The largest absolute Gasteiger partial charge is 0.504 e. The van der Waals surface area contributed by atoms with Gasteiger partial charge in [0.15, 0.2) is 11.5 Å². The predicted molar refractivity (Wildman–Crippen MR) is 60.3 cm³/mol. The smallest absolute Gasteiger partial charge is 0.313 e. The number of aliphatic carboxylic acids is 1. The molecule has 4 nitrogen and oxygen atoms in total. The van der Waals surface area contributed by atoms with Crippen molar-refractivity contribution in [2.75, 3.05) is 7.11 Å². The summed E-state index contributed by atoms with van der Waals surface area (Å²) in [5, 5.41) is 18.9. The second kappa shape index (κ2) is 4.22. The predicted octanol–water partition coefficient (Wildman–Crippen LogP) is 2.42. The van der Waals surface area contributed by atoms with Crippen molar-refractivity contribution in [3.63, 3.8) is 0 Å². The van der Waals surface area contributed by atoms with Crippen LogP contribution in [0.15, 0.2) is 12.1 Å². The molecule has 0 aliphatic carbocycles. The van der Waals surface area contributed by atoms with Crippen LogP contribution in [0.5, 0.6) is 11.5 Å². The van der Waals surface area contributed by atoms with Crippen molar-refractivity contribution >= 4 is 17.6 Å². The molecule has 1 rings (SSSR count). The van der Waals surface area contributed by atoms with E-state index in [1.165, 1.54) is 33.1 Å². The van der Waals surface area contributed by atoms with E-state index in [9.17, 15) is 9.90 Å². The summed E-state index contributed by atoms with van der Waals surface area (Å²) in [7, 11) is 1.40. The first kappa shape index (κ1) is 12.6. The standard InChI is InChI=1S/C11H13ClO4/c1-11(2,10(14)15)6-4-8(13)9(16-3)5-7(6)12/h4-5,13H,1-3H3,(H,14,15). The number of benzene rings is 1. The van der Waals surface area contributed by atoms with Gasteiger partial charge in [0, 0.05) is 11.1 Å². The van der Waals surface area contributed by atoms with Crippen LogP contribution in [0.4, 0.5) is 0 Å². The van der Waals surface area contributed by atoms with Crippen LogP contribution in [0, 0.1) is 0 Å². The van der Waals surface area contributed by atoms with Gasteiger partial charge in [-0.3, -0.25) is 4.79 Å². The molecule has 2 N–H and O–H groups in total. The van der Waals surface area contributed by atoms with Gasteiger partial charge in [-0.2, -0.15) is 0 Å². The highest BCUT2D eigenvalue weighted by atomic mass is 35.5. The van der Waals surface area contributed by atoms with Crippen molar-refractivity contribution in [1.82, 2.24) is 0 Å². The van der Waals surface area contributed by atoms with Gasteiger partial charge in [0.05, 0.1) is 12.5 Å². The van der Waals surface area contributed by atoms with E-state index in [0.717, 1.165) is 0 Å². The zero-order chi connectivity index (χ0) is 12.5. The number of halogens is 1. The Balaban J connectivity index is 3.37. The highest BCUT2D eigenvalue weighted by Gasteiger charge is 2.32. The highest BCUT2D eigenvalue weighted by Crippen LogP contribution is 2.38. The van der Waals surface area contributed by atoms with Gasteiger partial charge in [0.1, 0.15) is 0 Å². The van der Waals surface area contributed by atoms with E-state index in [4.69, 9.17) is 21.4 Å². The van der Waals surface area contributed by atoms with Crippen LogP contribution in [0.1, 0.15) is 19.4 Å². The minimum atomic E-state index is -1.17. The molecule has 0 bridgehead atoms. The van der Waals surface area contributed by atoms with Crippen molar-refractivity contribution in [1.29, 1.82) is 0 Å². The molecule has 88 valence electrons. The van der Waals surface area contributed by atoms with Gasteiger partial charge in [0.2, 0.25) is 0 Å². The fourth-order valence-electron chi connectivity index (χ4n) is 1.30. The summed E-state index contributed by atoms with van der Waals surface area (Å²) in [6, 6.07) is 2.71. The summed E-state index contributed by atoms with van der Waals surface area (Å²) >= 11 is 5.95. The maximum Gasteiger partial charge on any atom is 0.313 e. The number of carboxylic acid groups (broad SMARTS) is 1. The second-order valence-electron chi connectivity index (χ2n) is 3.93. The van der Waals surface area contributed by atoms with E-state index < -0.39 is 11.4 Å². The fraction of sp³-hybridized carbons (Fsp3) is 0.364. The number of carboxylic acids is 1. The molecule has 0 amide bonds. The van der Waals surface area contributed by atoms with Gasteiger partial charge >= 0.3 is 5.97 Å². The molecule has 16 heavy (non-hydrogen) atoms. The molecule has 0 radical (unpaired) electrons. The van der Waals surface area contributed by atoms with Crippen LogP contribution in [-0.4, -0.2) is 23.3 Å². The molecule has 1 aromatic rings. The maximum absolute atomic E-state index is 11.1. The Bertz CT molecular complexity index is 426. The Morgan fingerprint density at radius 3 is 2.44 bits per heavy atom. The Labute approximate surface area is 98.4 Å². The third-order valence-corrected chi connectivity index (χ3v) is 2.79. The van der Waals surface area contributed by atoms with Crippen molar-refractivity contribution < 1.29 is 19.7 Å². The summed E-state index contributed by atoms with van der Waals surface area (Å²) < 4.78 is 4.87. The number of ether oxygens (including phenoxy) is 1. The first-order chi connectivity index (χ1) is 7.30. The SMILES string of the molecule is COc1cc(Cl)c(C(C)(C)C(=O)O)cc1O. The zero-order valence-corrected chi connectivity index (χ0v) is 10.00. The van der Waals surface area contributed by atoms with Crippen LogP contribution in [0.2, 0.25) is 5.02 Å². The van der Waals surface area contributed by atoms with Gasteiger partial charge in [-0.15, -0.1) is 0 Å². The number of hydrogen-bond acceptors (Lipinski definition) is 3. The van der Waals surface area contributed by atoms with Crippen LogP contribution in [0.3, 0.4) is 0 Å². The summed E-state index contributed by atoms with van der Waals surface area (Å²) in [6.07, 6.45) is 0. The van der Waals surface area contributed by atoms with Gasteiger partial charge < -0.3 is 14.9 Å². The Morgan fingerprint density at radius 1 is 1.44 bits per heavy atom. The number of methoxy groups -OCH3 is 1. The van der Waals surface area contributed by atoms with Gasteiger partial charge in [0.25, 0.3) is 0 Å². The molecule has 0 saturated heterocycles. The lowest BCUT2D eigenvalue weighted by molar-refractivity contribution is -0.142. The summed E-state index contributed by atoms with van der Waals surface area (Å²) in [4.78, 5) is 11.1. The number of phenols is 1. The molecule has 0 saturated carbocycles. The first-order valence-corrected chi connectivity index (χ1v) is 4.99. The number of hydrogen-bond donors (Lipinski definition) is 2. The van der Waals surface area contributed by atoms with E-state index in [1.54, 1.807) is 0 Å². The average Bonchev–Trinajstić information content (AvgIpc) is 2.20. The Morgan fingerprint density at radius 2 is 2.00 bits per heavy atom. The van der Waals surface area contributed by atoms with Crippen LogP contribution in [-0.2, 0) is 10.2 Å². The van der Waals surface area contributed by atoms with Crippen LogP contribution < -0.4 is 4.74 Å². The molecule has 0 aliphatic rings. The van der Waals surface area contributed by atoms with Crippen LogP contribution >= 0.6 is 11.6 Å². The normalized spacial score (nSPS) is 11.2. The minimum Gasteiger partial charge on any atom is -0.504 e. The molecule has 0 fully saturated rings. The lowest BCUT2D eigenvalue weighted by Crippen LogP contribution is -2.28. The van der Waals surface area contributed by atoms with Crippen molar-refractivity contribution in [2.24, 2.45) is 0 Å². The lowest BCUT2D eigenvalue weighted by Gasteiger charge is -2.21. The third-order valence-electron chi connectivity index (χ3n) is 2.48. The van der Waals surface area contributed by atoms with Crippen molar-refractivity contribution in [3.05, 3.63) is 22.7 Å². The van der Waals surface area contributed by atoms with Gasteiger partial charge in [-0.1, -0.05) is 11.6 Å². The van der Waals surface area contributed by atoms with E-state index in [2.05, 4.69) is 0 Å². The zero-order valence-electron chi connectivity index (χ0n) is 9.24. The molecule has 5 heteroatoms. The third kappa shape index (κ3) is 2.07. The number of aromatic hydroxyl groups is 1. The van der Waals surface area contributed by atoms with E-state index in [0.29, 0.717) is 5.56 Å². The van der Waals surface area contributed by atoms with E-state index >= 15 is 0 Å². The topological polar surface area (TPSA) is 66.8 Å². The van der Waals surface area contributed by atoms with Crippen molar-refractivity contribution in [3.8, 4) is 11.5 Å². The molecule has 1 aromatic carbocycles. The summed E-state index contributed by atoms with van der Waals surface area (Å²) in [6.45, 7) is 3.03. The van der Waals surface area contributed by atoms with Gasteiger partial charge in [-0.05, 0) is 25.5 Å². The van der Waals surface area contributed by atoms with Gasteiger partial charge in [-0.25, -0.2) is 0 Å². The number of rotatable bonds is 3. The molecule has 0 heterocycles. The summed E-state index contributed by atoms with van der Waals surface area (Å²) in [5.41, 5.74) is -0.819. The monoisotopic (exact) mass is 244 g/mol. The second-order valence-corrected chi connectivity index (χ2v) is 4.34. The first-order valence-electron chi connectivity index (χ1n) is 4.61. The Hall–Kier alpha value is -1.42. The lowest BCUT2D eigenvalue weighted by atomic mass is 9.84. The molecule has 0 unspecified atom stereocenters. The average molecular weight is 245 g/mol. The Kier molecular flexibility index (Phi) is 3.33. The number of phenolic OH excluding ortho intramolecular Hbond substituents is 1. The fourth-order valence-corrected chi connectivity index (χ4v) is 1.69. The summed E-state index contributed by atoms with van der Waals surface area (Å²) in [5.74, 6) is -0.926. The molecular weight excluding hydrogens is 232 g/mol. The minimum absolute atomic E-state index is 0.128. The molecule has 0 aliphatic heterocycles. The van der Waals surface area contributed by atoms with Crippen molar-refractivity contribution in [2.45, 2.75) is 19.3 Å². The maximum atomic E-state index is 11.1. The quantitative estimate of drug-likeness (QED) is 0.857. The number of carbonyl (C=O) groups is 1. The highest BCUT2D eigenvalue weighted by molar-refractivity contribution is 6.32. The molecule has 0 aromatic heterocycles. The van der Waals surface area contributed by atoms with Crippen LogP contribution in [0.25, 0.3) is 0 Å². The molecular formula is C11H13ClO4. The molecule has 0 atom stereocenters. The van der Waals surface area contributed by atoms with E-state index in [-0.39, 0.29) is 16.5 Å². The van der Waals surface area contributed by atoms with E-state index in [1.807, 2.05) is 0 Å².